The van der Waals surface area contributed by atoms with Crippen LogP contribution < -0.4 is 20.5 Å². The van der Waals surface area contributed by atoms with E-state index >= 15 is 0 Å². The number of nitrogen functional groups attached to an aromatic ring is 1. The Labute approximate surface area is 182 Å². The van der Waals surface area contributed by atoms with Crippen LogP contribution in [0.5, 0.6) is 11.5 Å². The van der Waals surface area contributed by atoms with Gasteiger partial charge >= 0.3 is 0 Å². The van der Waals surface area contributed by atoms with Crippen LogP contribution in [0.4, 0.5) is 17.6 Å². The van der Waals surface area contributed by atoms with Crippen LogP contribution in [0.3, 0.4) is 0 Å². The third kappa shape index (κ3) is 4.86. The summed E-state index contributed by atoms with van der Waals surface area (Å²) in [4.78, 5) is 15.6. The first-order chi connectivity index (χ1) is 15.1. The first-order valence-electron chi connectivity index (χ1n) is 10.4. The molecule has 8 nitrogen and oxygen atoms in total. The van der Waals surface area contributed by atoms with E-state index in [9.17, 15) is 0 Å². The highest BCUT2D eigenvalue weighted by Crippen LogP contribution is 2.39. The van der Waals surface area contributed by atoms with Gasteiger partial charge in [0.25, 0.3) is 0 Å². The maximum atomic E-state index is 5.98. The minimum atomic E-state index is 0.191. The largest absolute Gasteiger partial charge is 0.497 e. The van der Waals surface area contributed by atoms with E-state index in [0.29, 0.717) is 18.3 Å². The molecule has 0 aliphatic carbocycles. The first kappa shape index (κ1) is 20.9. The Balaban J connectivity index is 1.56. The molecule has 0 amide bonds. The fourth-order valence-corrected chi connectivity index (χ4v) is 3.98. The van der Waals surface area contributed by atoms with Gasteiger partial charge in [0.05, 0.1) is 20.8 Å². The average molecular weight is 421 g/mol. The smallest absolute Gasteiger partial charge is 0.232 e. The zero-order chi connectivity index (χ0) is 21.8. The van der Waals surface area contributed by atoms with Crippen LogP contribution in [-0.4, -0.2) is 40.6 Å². The topological polar surface area (TPSA) is 98.4 Å². The third-order valence-corrected chi connectivity index (χ3v) is 5.51. The molecule has 0 unspecified atom stereocenters. The van der Waals surface area contributed by atoms with E-state index in [0.717, 1.165) is 42.1 Å². The lowest BCUT2D eigenvalue weighted by atomic mass is 10.0. The van der Waals surface area contributed by atoms with E-state index in [2.05, 4.69) is 25.2 Å². The fraction of sp³-hybridized carbons (Fsp3) is 0.348. The van der Waals surface area contributed by atoms with Crippen molar-refractivity contribution >= 4 is 17.6 Å². The predicted molar refractivity (Wildman–Crippen MR) is 121 cm³/mol. The van der Waals surface area contributed by atoms with Crippen molar-refractivity contribution in [1.82, 2.24) is 19.9 Å². The van der Waals surface area contributed by atoms with Crippen molar-refractivity contribution in [3.63, 3.8) is 0 Å². The summed E-state index contributed by atoms with van der Waals surface area (Å²) in [6.45, 7) is 3.56. The number of ether oxygens (including phenoxy) is 2. The molecule has 1 aromatic heterocycles. The second-order valence-electron chi connectivity index (χ2n) is 7.66. The zero-order valence-corrected chi connectivity index (χ0v) is 18.1. The Hall–Kier alpha value is -3.39. The standard InChI is InChI=1S/C23H28N6O2/c1-15-6-8-16(9-7-15)25-23-27-21(26-22(24)28-23)14-29-12-4-5-19(29)18-13-17(30-2)10-11-20(18)31-3/h6-11,13,19H,4-5,12,14H2,1-3H3,(H3,24,25,26,27,28)/t19-/m1/s1. The molecule has 4 rings (SSSR count). The average Bonchev–Trinajstić information content (AvgIpc) is 3.22. The summed E-state index contributed by atoms with van der Waals surface area (Å²) >= 11 is 0. The normalized spacial score (nSPS) is 16.3. The van der Waals surface area contributed by atoms with Crippen molar-refractivity contribution in [2.45, 2.75) is 32.4 Å². The molecule has 3 aromatic rings. The Morgan fingerprint density at radius 3 is 2.61 bits per heavy atom. The van der Waals surface area contributed by atoms with Crippen LogP contribution in [0.2, 0.25) is 0 Å². The molecular weight excluding hydrogens is 392 g/mol. The van der Waals surface area contributed by atoms with Crippen LogP contribution >= 0.6 is 0 Å². The fourth-order valence-electron chi connectivity index (χ4n) is 3.98. The number of rotatable bonds is 7. The molecule has 0 radical (unpaired) electrons. The molecule has 8 heteroatoms. The molecule has 0 bridgehead atoms. The quantitative estimate of drug-likeness (QED) is 0.595. The van der Waals surface area contributed by atoms with Crippen molar-refractivity contribution in [1.29, 1.82) is 0 Å². The molecule has 1 atom stereocenters. The lowest BCUT2D eigenvalue weighted by molar-refractivity contribution is 0.236. The summed E-state index contributed by atoms with van der Waals surface area (Å²) in [5.41, 5.74) is 9.19. The third-order valence-electron chi connectivity index (χ3n) is 5.51. The molecule has 1 aliphatic heterocycles. The number of nitrogens with two attached hydrogens (primary N) is 1. The van der Waals surface area contributed by atoms with Crippen LogP contribution in [0, 0.1) is 6.92 Å². The molecule has 3 N–H and O–H groups in total. The molecule has 162 valence electrons. The highest BCUT2D eigenvalue weighted by atomic mass is 16.5. The maximum Gasteiger partial charge on any atom is 0.232 e. The van der Waals surface area contributed by atoms with Crippen molar-refractivity contribution in [3.8, 4) is 11.5 Å². The highest BCUT2D eigenvalue weighted by molar-refractivity contribution is 5.54. The van der Waals surface area contributed by atoms with Gasteiger partial charge in [0.1, 0.15) is 17.3 Å². The second kappa shape index (κ2) is 9.18. The SMILES string of the molecule is COc1ccc(OC)c([C@H]2CCCN2Cc2nc(N)nc(Nc3ccc(C)cc3)n2)c1. The van der Waals surface area contributed by atoms with E-state index in [1.54, 1.807) is 14.2 Å². The van der Waals surface area contributed by atoms with Gasteiger partial charge in [-0.1, -0.05) is 17.7 Å². The van der Waals surface area contributed by atoms with E-state index in [1.807, 2.05) is 49.4 Å². The van der Waals surface area contributed by atoms with Crippen molar-refractivity contribution in [3.05, 3.63) is 59.4 Å². The number of aromatic nitrogens is 3. The van der Waals surface area contributed by atoms with Gasteiger partial charge in [-0.15, -0.1) is 0 Å². The van der Waals surface area contributed by atoms with E-state index < -0.39 is 0 Å². The van der Waals surface area contributed by atoms with Gasteiger partial charge in [-0.2, -0.15) is 15.0 Å². The molecule has 0 saturated carbocycles. The lowest BCUT2D eigenvalue weighted by Gasteiger charge is -2.26. The summed E-state index contributed by atoms with van der Waals surface area (Å²) in [7, 11) is 3.37. The predicted octanol–water partition coefficient (Wildman–Crippen LogP) is 3.86. The van der Waals surface area contributed by atoms with Gasteiger partial charge in [0, 0.05) is 17.3 Å². The summed E-state index contributed by atoms with van der Waals surface area (Å²) in [5, 5.41) is 3.22. The number of aryl methyl sites for hydroxylation is 1. The molecule has 1 aliphatic rings. The van der Waals surface area contributed by atoms with Gasteiger partial charge in [-0.25, -0.2) is 0 Å². The monoisotopic (exact) mass is 420 g/mol. The van der Waals surface area contributed by atoms with Crippen molar-refractivity contribution < 1.29 is 9.47 Å². The summed E-state index contributed by atoms with van der Waals surface area (Å²) in [6.07, 6.45) is 2.11. The molecule has 2 aromatic carbocycles. The van der Waals surface area contributed by atoms with E-state index in [-0.39, 0.29) is 12.0 Å². The van der Waals surface area contributed by atoms with Crippen LogP contribution in [0.15, 0.2) is 42.5 Å². The van der Waals surface area contributed by atoms with Gasteiger partial charge in [-0.3, -0.25) is 4.90 Å². The number of likely N-dealkylation sites (tertiary alicyclic amines) is 1. The maximum absolute atomic E-state index is 5.98. The number of nitrogens with zero attached hydrogens (tertiary/aromatic N) is 4. The first-order valence-corrected chi connectivity index (χ1v) is 10.4. The number of hydrogen-bond acceptors (Lipinski definition) is 8. The van der Waals surface area contributed by atoms with Gasteiger partial charge < -0.3 is 20.5 Å². The summed E-state index contributed by atoms with van der Waals surface area (Å²) in [6, 6.07) is 14.1. The summed E-state index contributed by atoms with van der Waals surface area (Å²) in [5.74, 6) is 2.96. The Morgan fingerprint density at radius 2 is 1.87 bits per heavy atom. The van der Waals surface area contributed by atoms with E-state index in [1.165, 1.54) is 5.56 Å². The number of anilines is 3. The zero-order valence-electron chi connectivity index (χ0n) is 18.1. The molecule has 0 spiro atoms. The summed E-state index contributed by atoms with van der Waals surface area (Å²) < 4.78 is 11.0. The molecular formula is C23H28N6O2. The Kier molecular flexibility index (Phi) is 6.18. The lowest BCUT2D eigenvalue weighted by Crippen LogP contribution is -2.25. The van der Waals surface area contributed by atoms with Crippen LogP contribution in [0.25, 0.3) is 0 Å². The number of nitrogens with one attached hydrogen (secondary N) is 1. The molecule has 2 heterocycles. The van der Waals surface area contributed by atoms with Crippen LogP contribution in [-0.2, 0) is 6.54 Å². The minimum absolute atomic E-state index is 0.191. The molecule has 1 fully saturated rings. The molecule has 31 heavy (non-hydrogen) atoms. The second-order valence-corrected chi connectivity index (χ2v) is 7.66. The number of benzene rings is 2. The van der Waals surface area contributed by atoms with Crippen LogP contribution in [0.1, 0.15) is 35.8 Å². The van der Waals surface area contributed by atoms with Gasteiger partial charge in [0.15, 0.2) is 0 Å². The van der Waals surface area contributed by atoms with E-state index in [4.69, 9.17) is 15.2 Å². The number of methoxy groups -OCH3 is 2. The highest BCUT2D eigenvalue weighted by Gasteiger charge is 2.29. The number of hydrogen-bond donors (Lipinski definition) is 2. The Morgan fingerprint density at radius 1 is 1.06 bits per heavy atom. The Bertz CT molecular complexity index is 1040. The van der Waals surface area contributed by atoms with Crippen molar-refractivity contribution in [2.75, 3.05) is 31.8 Å². The van der Waals surface area contributed by atoms with Gasteiger partial charge in [0.2, 0.25) is 11.9 Å². The minimum Gasteiger partial charge on any atom is -0.497 e. The molecule has 1 saturated heterocycles. The van der Waals surface area contributed by atoms with Gasteiger partial charge in [-0.05, 0) is 56.6 Å². The van der Waals surface area contributed by atoms with Crippen molar-refractivity contribution in [2.24, 2.45) is 0 Å².